The minimum atomic E-state index is -0.592. The van der Waals surface area contributed by atoms with Crippen molar-refractivity contribution in [2.24, 2.45) is 17.8 Å². The van der Waals surface area contributed by atoms with Crippen molar-refractivity contribution in [1.29, 1.82) is 5.26 Å². The second-order valence-electron chi connectivity index (χ2n) is 9.38. The molecule has 2 aliphatic carbocycles. The van der Waals surface area contributed by atoms with Crippen molar-refractivity contribution in [2.75, 3.05) is 0 Å². The van der Waals surface area contributed by atoms with Gasteiger partial charge in [0.05, 0.1) is 11.8 Å². The van der Waals surface area contributed by atoms with Crippen LogP contribution in [-0.2, 0) is 22.0 Å². The molecule has 0 spiro atoms. The fourth-order valence-corrected chi connectivity index (χ4v) is 5.25. The van der Waals surface area contributed by atoms with Gasteiger partial charge in [-0.3, -0.25) is 4.79 Å². The van der Waals surface area contributed by atoms with E-state index in [-0.39, 0.29) is 23.0 Å². The molecule has 2 aliphatic rings. The summed E-state index contributed by atoms with van der Waals surface area (Å²) in [5, 5.41) is 9.76. The topological polar surface area (TPSA) is 66.6 Å². The number of aromatic nitrogens is 2. The van der Waals surface area contributed by atoms with Crippen LogP contribution in [0.3, 0.4) is 0 Å². The van der Waals surface area contributed by atoms with E-state index in [1.54, 1.807) is 0 Å². The molecular weight excluding hydrogens is 346 g/mol. The Labute approximate surface area is 167 Å². The molecule has 0 aliphatic heterocycles. The molecule has 1 unspecified atom stereocenters. The Balaban J connectivity index is 2.02. The van der Waals surface area contributed by atoms with E-state index in [1.807, 2.05) is 31.3 Å². The minimum absolute atomic E-state index is 0.0904. The Kier molecular flexibility index (Phi) is 4.38. The van der Waals surface area contributed by atoms with Crippen molar-refractivity contribution in [2.45, 2.75) is 57.8 Å². The van der Waals surface area contributed by atoms with E-state index in [4.69, 9.17) is 4.98 Å². The minimum Gasteiger partial charge on any atom is -0.298 e. The summed E-state index contributed by atoms with van der Waals surface area (Å²) in [5.74, 6) is 0.320. The third kappa shape index (κ3) is 2.68. The summed E-state index contributed by atoms with van der Waals surface area (Å²) in [4.78, 5) is 22.6. The molecule has 1 aromatic carbocycles. The fourth-order valence-electron chi connectivity index (χ4n) is 5.25. The summed E-state index contributed by atoms with van der Waals surface area (Å²) in [6, 6.07) is 12.7. The number of carbonyl (C=O) groups is 1. The van der Waals surface area contributed by atoms with Crippen LogP contribution in [0.15, 0.2) is 36.5 Å². The van der Waals surface area contributed by atoms with Gasteiger partial charge in [-0.05, 0) is 36.3 Å². The Hall–Kier alpha value is -2.54. The highest BCUT2D eigenvalue weighted by atomic mass is 16.1. The van der Waals surface area contributed by atoms with Crippen LogP contribution in [-0.4, -0.2) is 15.8 Å². The zero-order valence-electron chi connectivity index (χ0n) is 17.1. The predicted octanol–water partition coefficient (Wildman–Crippen LogP) is 4.37. The van der Waals surface area contributed by atoms with Crippen molar-refractivity contribution in [3.8, 4) is 6.07 Å². The molecule has 144 valence electrons. The molecule has 0 saturated heterocycles. The summed E-state index contributed by atoms with van der Waals surface area (Å²) in [6.07, 6.45) is 4.29. The summed E-state index contributed by atoms with van der Waals surface area (Å²) in [6.45, 7) is 8.37. The van der Waals surface area contributed by atoms with Gasteiger partial charge in [0.25, 0.3) is 0 Å². The Bertz CT molecular complexity index is 954. The molecule has 0 radical (unpaired) electrons. The summed E-state index contributed by atoms with van der Waals surface area (Å²) in [5.41, 5.74) is 2.79. The van der Waals surface area contributed by atoms with E-state index in [0.29, 0.717) is 6.42 Å². The first-order valence-electron chi connectivity index (χ1n) is 10.1. The number of nitrogens with zero attached hydrogens (tertiary/aromatic N) is 3. The second-order valence-corrected chi connectivity index (χ2v) is 9.38. The number of Topliss-reactive ketones (excluding diaryl/α,β-unsaturated/α-hetero) is 1. The molecule has 28 heavy (non-hydrogen) atoms. The first kappa shape index (κ1) is 18.8. The Morgan fingerprint density at radius 2 is 1.93 bits per heavy atom. The maximum absolute atomic E-state index is 12.9. The third-order valence-electron chi connectivity index (χ3n) is 6.68. The monoisotopic (exact) mass is 373 g/mol. The first-order valence-corrected chi connectivity index (χ1v) is 10.1. The molecule has 2 aromatic rings. The molecule has 0 N–H and O–H groups in total. The zero-order chi connectivity index (χ0) is 20.1. The lowest BCUT2D eigenvalue weighted by molar-refractivity contribution is -0.131. The van der Waals surface area contributed by atoms with Crippen LogP contribution >= 0.6 is 0 Å². The smallest absolute Gasteiger partial charge is 0.153 e. The molecule has 1 fully saturated rings. The van der Waals surface area contributed by atoms with Crippen LogP contribution in [0.25, 0.3) is 0 Å². The van der Waals surface area contributed by atoms with E-state index >= 15 is 0 Å². The van der Waals surface area contributed by atoms with Crippen LogP contribution in [0.2, 0.25) is 0 Å². The molecule has 4 rings (SSSR count). The zero-order valence-corrected chi connectivity index (χ0v) is 17.1. The number of rotatable bonds is 1. The van der Waals surface area contributed by atoms with Gasteiger partial charge < -0.3 is 0 Å². The van der Waals surface area contributed by atoms with Gasteiger partial charge in [-0.2, -0.15) is 5.26 Å². The van der Waals surface area contributed by atoms with Gasteiger partial charge >= 0.3 is 0 Å². The van der Waals surface area contributed by atoms with E-state index < -0.39 is 11.3 Å². The highest BCUT2D eigenvalue weighted by Crippen LogP contribution is 2.55. The Morgan fingerprint density at radius 3 is 2.57 bits per heavy atom. The van der Waals surface area contributed by atoms with Gasteiger partial charge in [0.1, 0.15) is 11.7 Å². The third-order valence-corrected chi connectivity index (χ3v) is 6.68. The summed E-state index contributed by atoms with van der Waals surface area (Å²) >= 11 is 0. The average molecular weight is 374 g/mol. The summed E-state index contributed by atoms with van der Waals surface area (Å²) < 4.78 is 0. The van der Waals surface area contributed by atoms with Crippen LogP contribution in [0.1, 0.15) is 63.2 Å². The first-order chi connectivity index (χ1) is 13.3. The SMILES string of the molecule is C[C@@H]1C(=O)C(C#N)C[C@@]2(c3ccccc3)c3nc(C(C)(C)C)ncc3CC[C@@H]12. The van der Waals surface area contributed by atoms with E-state index in [9.17, 15) is 10.1 Å². The molecule has 1 heterocycles. The highest BCUT2D eigenvalue weighted by molar-refractivity contribution is 5.87. The number of hydrogen-bond donors (Lipinski definition) is 0. The molecule has 4 nitrogen and oxygen atoms in total. The normalized spacial score (nSPS) is 29.5. The van der Waals surface area contributed by atoms with Crippen molar-refractivity contribution in [1.82, 2.24) is 9.97 Å². The molecule has 1 aromatic heterocycles. The number of aryl methyl sites for hydroxylation is 1. The predicted molar refractivity (Wildman–Crippen MR) is 108 cm³/mol. The number of hydrogen-bond acceptors (Lipinski definition) is 4. The van der Waals surface area contributed by atoms with Crippen LogP contribution < -0.4 is 0 Å². The molecule has 1 saturated carbocycles. The van der Waals surface area contributed by atoms with Gasteiger partial charge in [-0.1, -0.05) is 58.0 Å². The van der Waals surface area contributed by atoms with E-state index in [0.717, 1.165) is 29.9 Å². The number of nitriles is 1. The van der Waals surface area contributed by atoms with Gasteiger partial charge in [0.2, 0.25) is 0 Å². The Morgan fingerprint density at radius 1 is 1.21 bits per heavy atom. The van der Waals surface area contributed by atoms with Crippen molar-refractivity contribution in [3.05, 3.63) is 59.2 Å². The maximum Gasteiger partial charge on any atom is 0.153 e. The van der Waals surface area contributed by atoms with E-state index in [1.165, 1.54) is 5.56 Å². The maximum atomic E-state index is 12.9. The molecular formula is C24H27N3O. The highest BCUT2D eigenvalue weighted by Gasteiger charge is 2.56. The lowest BCUT2D eigenvalue weighted by atomic mass is 9.51. The molecule has 4 atom stereocenters. The number of carbonyl (C=O) groups excluding carboxylic acids is 1. The lowest BCUT2D eigenvalue weighted by Gasteiger charge is -2.51. The summed E-state index contributed by atoms with van der Waals surface area (Å²) in [7, 11) is 0. The van der Waals surface area contributed by atoms with Gasteiger partial charge in [0.15, 0.2) is 5.78 Å². The second kappa shape index (κ2) is 6.51. The molecule has 0 amide bonds. The average Bonchev–Trinajstić information content (AvgIpc) is 2.70. The largest absolute Gasteiger partial charge is 0.298 e. The number of ketones is 1. The van der Waals surface area contributed by atoms with Gasteiger partial charge in [-0.15, -0.1) is 0 Å². The van der Waals surface area contributed by atoms with Crippen molar-refractivity contribution in [3.63, 3.8) is 0 Å². The van der Waals surface area contributed by atoms with Crippen molar-refractivity contribution >= 4 is 5.78 Å². The fraction of sp³-hybridized carbons (Fsp3) is 0.500. The van der Waals surface area contributed by atoms with Gasteiger partial charge in [0, 0.05) is 22.9 Å². The standard InChI is InChI=1S/C24H27N3O/c1-15-19-11-10-16-14-26-22(23(2,3)4)27-21(16)24(19,12-17(13-25)20(15)28)18-8-6-5-7-9-18/h5-9,14-15,17,19H,10-12H2,1-4H3/t15-,17?,19-,24-/m0/s1. The molecule has 0 bridgehead atoms. The quantitative estimate of drug-likeness (QED) is 0.744. The molecule has 4 heteroatoms. The van der Waals surface area contributed by atoms with Crippen LogP contribution in [0, 0.1) is 29.1 Å². The van der Waals surface area contributed by atoms with E-state index in [2.05, 4.69) is 44.0 Å². The lowest BCUT2D eigenvalue weighted by Crippen LogP contribution is -2.53. The number of fused-ring (bicyclic) bond motifs is 3. The van der Waals surface area contributed by atoms with Crippen molar-refractivity contribution < 1.29 is 4.79 Å². The van der Waals surface area contributed by atoms with Crippen LogP contribution in [0.4, 0.5) is 0 Å². The van der Waals surface area contributed by atoms with Gasteiger partial charge in [-0.25, -0.2) is 9.97 Å². The number of benzene rings is 1. The van der Waals surface area contributed by atoms with Crippen LogP contribution in [0.5, 0.6) is 0 Å².